The second-order valence-corrected chi connectivity index (χ2v) is 6.42. The molecule has 0 radical (unpaired) electrons. The largest absolute Gasteiger partial charge is 0.496 e. The third-order valence-electron chi connectivity index (χ3n) is 4.47. The van der Waals surface area contributed by atoms with Crippen molar-refractivity contribution < 1.29 is 19.4 Å². The van der Waals surface area contributed by atoms with E-state index in [0.717, 1.165) is 5.56 Å². The van der Waals surface area contributed by atoms with Gasteiger partial charge >= 0.3 is 5.97 Å². The monoisotopic (exact) mass is 395 g/mol. The van der Waals surface area contributed by atoms with Crippen molar-refractivity contribution in [3.63, 3.8) is 0 Å². The van der Waals surface area contributed by atoms with Gasteiger partial charge in [0.15, 0.2) is 0 Å². The molecule has 1 heterocycles. The predicted molar refractivity (Wildman–Crippen MR) is 107 cm³/mol. The van der Waals surface area contributed by atoms with Crippen LogP contribution in [0.5, 0.6) is 5.75 Å². The predicted octanol–water partition coefficient (Wildman–Crippen LogP) is 1.74. The van der Waals surface area contributed by atoms with Gasteiger partial charge in [-0.1, -0.05) is 30.3 Å². The number of carbonyl (C=O) groups excluding carboxylic acids is 1. The lowest BCUT2D eigenvalue weighted by Gasteiger charge is -2.14. The van der Waals surface area contributed by atoms with Crippen LogP contribution in [-0.4, -0.2) is 33.6 Å². The number of carbonyl (C=O) groups is 2. The number of aromatic nitrogens is 2. The summed E-state index contributed by atoms with van der Waals surface area (Å²) in [4.78, 5) is 40.8. The number of amides is 1. The molecule has 0 bridgehead atoms. The fourth-order valence-electron chi connectivity index (χ4n) is 3.03. The zero-order valence-corrected chi connectivity index (χ0v) is 15.9. The molecule has 8 nitrogen and oxygen atoms in total. The van der Waals surface area contributed by atoms with Crippen molar-refractivity contribution in [1.29, 1.82) is 0 Å². The Labute approximate surface area is 166 Å². The maximum absolute atomic E-state index is 12.9. The zero-order valence-electron chi connectivity index (χ0n) is 15.9. The second-order valence-electron chi connectivity index (χ2n) is 6.42. The Hall–Kier alpha value is -3.68. The first kappa shape index (κ1) is 20.1. The topological polar surface area (TPSA) is 111 Å². The van der Waals surface area contributed by atoms with Crippen molar-refractivity contribution >= 4 is 22.8 Å². The number of aryl methyl sites for hydroxylation is 1. The minimum absolute atomic E-state index is 0.0508. The van der Waals surface area contributed by atoms with Crippen LogP contribution in [-0.2, 0) is 29.1 Å². The fraction of sp³-hybridized carbons (Fsp3) is 0.238. The van der Waals surface area contributed by atoms with Gasteiger partial charge in [-0.05, 0) is 18.2 Å². The molecule has 0 saturated heterocycles. The van der Waals surface area contributed by atoms with Crippen LogP contribution in [0.1, 0.15) is 17.8 Å². The van der Waals surface area contributed by atoms with Gasteiger partial charge in [-0.2, -0.15) is 0 Å². The first-order valence-electron chi connectivity index (χ1n) is 9.08. The highest BCUT2D eigenvalue weighted by Crippen LogP contribution is 2.16. The van der Waals surface area contributed by atoms with E-state index in [9.17, 15) is 14.4 Å². The highest BCUT2D eigenvalue weighted by atomic mass is 16.5. The van der Waals surface area contributed by atoms with Gasteiger partial charge in [0.2, 0.25) is 5.91 Å². The number of nitrogens with zero attached hydrogens (tertiary/aromatic N) is 2. The average molecular weight is 395 g/mol. The van der Waals surface area contributed by atoms with Gasteiger partial charge in [-0.15, -0.1) is 0 Å². The third-order valence-corrected chi connectivity index (χ3v) is 4.47. The average Bonchev–Trinajstić information content (AvgIpc) is 2.73. The molecule has 0 atom stereocenters. The van der Waals surface area contributed by atoms with Crippen LogP contribution in [0.2, 0.25) is 0 Å². The molecule has 150 valence electrons. The number of fused-ring (bicyclic) bond motifs is 1. The molecule has 0 aliphatic carbocycles. The molecular weight excluding hydrogens is 374 g/mol. The van der Waals surface area contributed by atoms with Crippen LogP contribution in [0, 0.1) is 0 Å². The molecule has 8 heteroatoms. The molecule has 1 aromatic heterocycles. The van der Waals surface area contributed by atoms with Gasteiger partial charge in [0.1, 0.15) is 18.1 Å². The number of aliphatic carboxylic acids is 1. The molecule has 1 amide bonds. The van der Waals surface area contributed by atoms with Crippen molar-refractivity contribution in [1.82, 2.24) is 14.9 Å². The number of benzene rings is 2. The zero-order chi connectivity index (χ0) is 20.8. The van der Waals surface area contributed by atoms with E-state index in [4.69, 9.17) is 9.84 Å². The van der Waals surface area contributed by atoms with Gasteiger partial charge in [0, 0.05) is 18.5 Å². The van der Waals surface area contributed by atoms with E-state index < -0.39 is 5.97 Å². The number of rotatable bonds is 8. The molecular formula is C21H21N3O5. The van der Waals surface area contributed by atoms with E-state index in [0.29, 0.717) is 16.7 Å². The first-order chi connectivity index (χ1) is 14.0. The summed E-state index contributed by atoms with van der Waals surface area (Å²) in [6, 6.07) is 14.1. The van der Waals surface area contributed by atoms with Crippen molar-refractivity contribution in [2.24, 2.45) is 0 Å². The summed E-state index contributed by atoms with van der Waals surface area (Å²) in [5.74, 6) is -0.464. The minimum Gasteiger partial charge on any atom is -0.496 e. The lowest BCUT2D eigenvalue weighted by molar-refractivity contribution is -0.137. The summed E-state index contributed by atoms with van der Waals surface area (Å²) in [5, 5.41) is 12.1. The van der Waals surface area contributed by atoms with E-state index in [-0.39, 0.29) is 43.2 Å². The number of methoxy groups -OCH3 is 1. The van der Waals surface area contributed by atoms with E-state index in [1.807, 2.05) is 18.2 Å². The van der Waals surface area contributed by atoms with Crippen LogP contribution in [0.4, 0.5) is 0 Å². The highest BCUT2D eigenvalue weighted by molar-refractivity contribution is 5.79. The van der Waals surface area contributed by atoms with Gasteiger partial charge in [0.05, 0.1) is 24.4 Å². The van der Waals surface area contributed by atoms with Crippen LogP contribution < -0.4 is 15.6 Å². The summed E-state index contributed by atoms with van der Waals surface area (Å²) >= 11 is 0. The maximum atomic E-state index is 12.9. The van der Waals surface area contributed by atoms with E-state index in [1.54, 1.807) is 37.4 Å². The summed E-state index contributed by atoms with van der Waals surface area (Å²) in [6.45, 7) is -0.0101. The number of para-hydroxylation sites is 2. The molecule has 3 aromatic rings. The van der Waals surface area contributed by atoms with Crippen LogP contribution in [0.15, 0.2) is 53.3 Å². The Morgan fingerprint density at radius 2 is 1.86 bits per heavy atom. The van der Waals surface area contributed by atoms with Crippen molar-refractivity contribution in [3.8, 4) is 5.75 Å². The quantitative estimate of drug-likeness (QED) is 0.601. The molecule has 0 fully saturated rings. The molecule has 0 aliphatic rings. The van der Waals surface area contributed by atoms with Crippen molar-refractivity contribution in [2.75, 3.05) is 7.11 Å². The number of hydrogen-bond donors (Lipinski definition) is 2. The van der Waals surface area contributed by atoms with Gasteiger partial charge in [-0.3, -0.25) is 19.0 Å². The Morgan fingerprint density at radius 1 is 1.14 bits per heavy atom. The van der Waals surface area contributed by atoms with Gasteiger partial charge in [0.25, 0.3) is 5.56 Å². The number of nitrogens with one attached hydrogen (secondary N) is 1. The number of ether oxygens (including phenoxy) is 1. The molecule has 2 N–H and O–H groups in total. The Kier molecular flexibility index (Phi) is 6.23. The Balaban J connectivity index is 1.84. The number of hydrogen-bond acceptors (Lipinski definition) is 5. The fourth-order valence-corrected chi connectivity index (χ4v) is 3.03. The van der Waals surface area contributed by atoms with Crippen molar-refractivity contribution in [3.05, 3.63) is 70.3 Å². The third kappa shape index (κ3) is 4.78. The normalized spacial score (nSPS) is 10.7. The standard InChI is InChI=1S/C21H21N3O5/c1-29-17-9-5-2-6-14(17)12-22-19(25)13-24-18(10-11-20(26)27)23-16-8-4-3-7-15(16)21(24)28/h2-9H,10-13H2,1H3,(H,22,25)(H,26,27). The Bertz CT molecular complexity index is 1110. The smallest absolute Gasteiger partial charge is 0.303 e. The second kappa shape index (κ2) is 9.01. The van der Waals surface area contributed by atoms with Crippen LogP contribution in [0.25, 0.3) is 10.9 Å². The summed E-state index contributed by atoms with van der Waals surface area (Å²) < 4.78 is 6.50. The molecule has 29 heavy (non-hydrogen) atoms. The van der Waals surface area contributed by atoms with Crippen LogP contribution >= 0.6 is 0 Å². The highest BCUT2D eigenvalue weighted by Gasteiger charge is 2.15. The lowest BCUT2D eigenvalue weighted by Crippen LogP contribution is -2.34. The summed E-state index contributed by atoms with van der Waals surface area (Å²) in [6.07, 6.45) is -0.136. The van der Waals surface area contributed by atoms with Crippen molar-refractivity contribution in [2.45, 2.75) is 25.9 Å². The number of carboxylic acid groups (broad SMARTS) is 1. The van der Waals surface area contributed by atoms with Gasteiger partial charge in [-0.25, -0.2) is 4.98 Å². The van der Waals surface area contributed by atoms with Crippen LogP contribution in [0.3, 0.4) is 0 Å². The van der Waals surface area contributed by atoms with E-state index >= 15 is 0 Å². The summed E-state index contributed by atoms with van der Waals surface area (Å²) in [7, 11) is 1.55. The lowest BCUT2D eigenvalue weighted by atomic mass is 10.2. The molecule has 0 aliphatic heterocycles. The maximum Gasteiger partial charge on any atom is 0.303 e. The Morgan fingerprint density at radius 3 is 2.62 bits per heavy atom. The molecule has 0 unspecified atom stereocenters. The van der Waals surface area contributed by atoms with Gasteiger partial charge < -0.3 is 15.2 Å². The molecule has 3 rings (SSSR count). The number of carboxylic acids is 1. The first-order valence-corrected chi connectivity index (χ1v) is 9.08. The minimum atomic E-state index is -1.00. The SMILES string of the molecule is COc1ccccc1CNC(=O)Cn1c(CCC(=O)O)nc2ccccc2c1=O. The summed E-state index contributed by atoms with van der Waals surface area (Å²) in [5.41, 5.74) is 0.908. The van der Waals surface area contributed by atoms with E-state index in [1.165, 1.54) is 4.57 Å². The molecule has 2 aromatic carbocycles. The molecule has 0 saturated carbocycles. The molecule has 0 spiro atoms. The van der Waals surface area contributed by atoms with E-state index in [2.05, 4.69) is 10.3 Å².